The minimum Gasteiger partial charge on any atom is -0.491 e. The van der Waals surface area contributed by atoms with E-state index in [2.05, 4.69) is 63.3 Å². The maximum atomic E-state index is 12.4. The lowest BCUT2D eigenvalue weighted by Crippen LogP contribution is -2.33. The van der Waals surface area contributed by atoms with Crippen LogP contribution >= 0.6 is 47.8 Å². The molecule has 0 atom stereocenters. The topological polar surface area (TPSA) is 161 Å². The minimum atomic E-state index is -0.421. The Morgan fingerprint density at radius 1 is 1.10 bits per heavy atom. The summed E-state index contributed by atoms with van der Waals surface area (Å²) in [7, 11) is 0. The number of nitrogens with one attached hydrogen (secondary N) is 1. The largest absolute Gasteiger partial charge is 0.491 e. The highest BCUT2D eigenvalue weighted by atomic mass is 79.9. The number of carbonyl (C=O) groups excluding carboxylic acids is 1. The van der Waals surface area contributed by atoms with Crippen LogP contribution in [0.25, 0.3) is 0 Å². The van der Waals surface area contributed by atoms with E-state index in [-0.39, 0.29) is 18.1 Å². The zero-order valence-electron chi connectivity index (χ0n) is 17.2. The summed E-state index contributed by atoms with van der Waals surface area (Å²) >= 11 is 10.5. The van der Waals surface area contributed by atoms with Gasteiger partial charge in [-0.2, -0.15) is 0 Å². The molecule has 0 fully saturated rings. The quantitative estimate of drug-likeness (QED) is 0.0700. The van der Waals surface area contributed by atoms with Gasteiger partial charge in [-0.15, -0.1) is 0 Å². The third kappa shape index (κ3) is 10.2. The van der Waals surface area contributed by atoms with Gasteiger partial charge in [0, 0.05) is 24.0 Å². The van der Waals surface area contributed by atoms with Crippen LogP contribution in [-0.4, -0.2) is 49.0 Å². The first-order chi connectivity index (χ1) is 14.8. The fourth-order valence-electron chi connectivity index (χ4n) is 2.59. The summed E-state index contributed by atoms with van der Waals surface area (Å²) in [6.07, 6.45) is 4.40. The van der Waals surface area contributed by atoms with Crippen LogP contribution in [0, 0.1) is 0 Å². The van der Waals surface area contributed by atoms with Crippen molar-refractivity contribution in [3.05, 3.63) is 25.0 Å². The predicted octanol–water partition coefficient (Wildman–Crippen LogP) is 3.02. The van der Waals surface area contributed by atoms with Gasteiger partial charge in [-0.3, -0.25) is 9.79 Å². The van der Waals surface area contributed by atoms with E-state index in [1.807, 2.05) is 6.07 Å². The van der Waals surface area contributed by atoms with Crippen molar-refractivity contribution in [1.82, 2.24) is 5.32 Å². The number of aliphatic imine (C=N–C) groups is 1. The molecule has 1 amide bonds. The van der Waals surface area contributed by atoms with Gasteiger partial charge in [0.1, 0.15) is 11.5 Å². The molecule has 0 saturated carbocycles. The van der Waals surface area contributed by atoms with Gasteiger partial charge in [0.05, 0.1) is 15.6 Å². The number of benzene rings is 1. The van der Waals surface area contributed by atoms with Crippen molar-refractivity contribution in [3.8, 4) is 5.75 Å². The molecule has 9 nitrogen and oxygen atoms in total. The number of carbonyl (C=O) groups is 1. The minimum absolute atomic E-state index is 0.00406. The Morgan fingerprint density at radius 3 is 2.45 bits per heavy atom. The smallest absolute Gasteiger partial charge is 0.269 e. The molecule has 1 rings (SSSR count). The number of hydrogen-bond acceptors (Lipinski definition) is 6. The molecule has 0 aliphatic carbocycles. The van der Waals surface area contributed by atoms with Crippen molar-refractivity contribution < 1.29 is 14.7 Å². The molecule has 0 bridgehead atoms. The molecule has 0 heterocycles. The van der Waals surface area contributed by atoms with E-state index >= 15 is 0 Å². The Labute approximate surface area is 207 Å². The molecule has 12 heteroatoms. The lowest BCUT2D eigenvalue weighted by Gasteiger charge is -2.16. The molecule has 0 aromatic heterocycles. The van der Waals surface area contributed by atoms with Crippen molar-refractivity contribution in [1.29, 1.82) is 0 Å². The number of oxime groups is 1. The number of rotatable bonds is 14. The SMILES string of the molecule is NCCCOc1c(Br)cc(Br)c(C/C(=N/O)C(=O)NCCCCCCN=C(N)N)c1Br. The van der Waals surface area contributed by atoms with E-state index < -0.39 is 5.91 Å². The number of halogens is 3. The molecule has 0 radical (unpaired) electrons. The number of ether oxygens (including phenoxy) is 1. The second-order valence-corrected chi connectivity index (χ2v) is 9.15. The third-order valence-electron chi connectivity index (χ3n) is 4.21. The highest BCUT2D eigenvalue weighted by Crippen LogP contribution is 2.40. The van der Waals surface area contributed by atoms with Crippen molar-refractivity contribution in [2.45, 2.75) is 38.5 Å². The Hall–Kier alpha value is -1.37. The van der Waals surface area contributed by atoms with Gasteiger partial charge >= 0.3 is 0 Å². The summed E-state index contributed by atoms with van der Waals surface area (Å²) < 4.78 is 7.95. The van der Waals surface area contributed by atoms with Crippen LogP contribution in [0.5, 0.6) is 5.75 Å². The number of unbranched alkanes of at least 4 members (excludes halogenated alkanes) is 3. The van der Waals surface area contributed by atoms with Crippen LogP contribution in [-0.2, 0) is 11.2 Å². The van der Waals surface area contributed by atoms with Gasteiger partial charge in [-0.05, 0) is 69.3 Å². The summed E-state index contributed by atoms with van der Waals surface area (Å²) in [5.41, 5.74) is 16.8. The summed E-state index contributed by atoms with van der Waals surface area (Å²) in [6, 6.07) is 1.83. The standard InChI is InChI=1S/C19H29Br3N6O3/c20-13-11-14(21)17(31-9-5-6-23)16(22)12(13)10-15(28-30)18(29)26-7-3-1-2-4-8-27-19(24)25/h11,30H,1-10,23H2,(H,26,29)(H4,24,25,27)/b28-15-. The first-order valence-electron chi connectivity index (χ1n) is 9.85. The van der Waals surface area contributed by atoms with Gasteiger partial charge in [0.2, 0.25) is 0 Å². The molecule has 0 aliphatic rings. The highest BCUT2D eigenvalue weighted by molar-refractivity contribution is 9.11. The first-order valence-corrected chi connectivity index (χ1v) is 12.2. The summed E-state index contributed by atoms with van der Waals surface area (Å²) in [4.78, 5) is 16.4. The number of guanidine groups is 1. The predicted molar refractivity (Wildman–Crippen MR) is 134 cm³/mol. The molecule has 174 valence electrons. The molecule has 0 spiro atoms. The van der Waals surface area contributed by atoms with E-state index in [4.69, 9.17) is 21.9 Å². The number of nitrogens with two attached hydrogens (primary N) is 3. The van der Waals surface area contributed by atoms with Crippen molar-refractivity contribution in [2.75, 3.05) is 26.2 Å². The monoisotopic (exact) mass is 626 g/mol. The van der Waals surface area contributed by atoms with Gasteiger partial charge in [0.25, 0.3) is 5.91 Å². The Balaban J connectivity index is 2.62. The van der Waals surface area contributed by atoms with Gasteiger partial charge in [-0.1, -0.05) is 33.9 Å². The van der Waals surface area contributed by atoms with Crippen LogP contribution < -0.4 is 27.3 Å². The Bertz CT molecular complexity index is 786. The van der Waals surface area contributed by atoms with Crippen LogP contribution in [0.1, 0.15) is 37.7 Å². The normalized spacial score (nSPS) is 11.3. The molecule has 1 aromatic rings. The number of hydrogen-bond donors (Lipinski definition) is 5. The van der Waals surface area contributed by atoms with E-state index in [1.54, 1.807) is 0 Å². The third-order valence-corrected chi connectivity index (χ3v) is 6.34. The molecule has 0 saturated heterocycles. The van der Waals surface area contributed by atoms with Crippen LogP contribution in [0.15, 0.2) is 29.6 Å². The molecule has 1 aromatic carbocycles. The fraction of sp³-hybridized carbons (Fsp3) is 0.526. The zero-order valence-corrected chi connectivity index (χ0v) is 21.9. The second-order valence-electron chi connectivity index (χ2n) is 6.65. The molecular formula is C19H29Br3N6O3. The molecule has 8 N–H and O–H groups in total. The number of amides is 1. The maximum Gasteiger partial charge on any atom is 0.269 e. The zero-order chi connectivity index (χ0) is 23.2. The summed E-state index contributed by atoms with van der Waals surface area (Å²) in [6.45, 7) is 2.07. The van der Waals surface area contributed by atoms with Crippen LogP contribution in [0.2, 0.25) is 0 Å². The Morgan fingerprint density at radius 2 is 1.81 bits per heavy atom. The van der Waals surface area contributed by atoms with E-state index in [1.165, 1.54) is 0 Å². The van der Waals surface area contributed by atoms with E-state index in [9.17, 15) is 10.0 Å². The van der Waals surface area contributed by atoms with Crippen molar-refractivity contribution in [3.63, 3.8) is 0 Å². The molecule has 0 aliphatic heterocycles. The summed E-state index contributed by atoms with van der Waals surface area (Å²) in [5.74, 6) is 0.279. The van der Waals surface area contributed by atoms with Crippen LogP contribution in [0.4, 0.5) is 0 Å². The fourth-order valence-corrected chi connectivity index (χ4v) is 5.22. The van der Waals surface area contributed by atoms with Crippen LogP contribution in [0.3, 0.4) is 0 Å². The average molecular weight is 629 g/mol. The lowest BCUT2D eigenvalue weighted by molar-refractivity contribution is -0.115. The van der Waals surface area contributed by atoms with E-state index in [0.717, 1.165) is 40.2 Å². The Kier molecular flexibility index (Phi) is 13.8. The highest BCUT2D eigenvalue weighted by Gasteiger charge is 2.20. The number of nitrogens with zero attached hydrogens (tertiary/aromatic N) is 2. The molecular weight excluding hydrogens is 600 g/mol. The lowest BCUT2D eigenvalue weighted by atomic mass is 10.1. The first kappa shape index (κ1) is 27.7. The second kappa shape index (κ2) is 15.4. The molecule has 31 heavy (non-hydrogen) atoms. The van der Waals surface area contributed by atoms with Crippen molar-refractivity contribution in [2.24, 2.45) is 27.3 Å². The molecule has 0 unspecified atom stereocenters. The summed E-state index contributed by atoms with van der Waals surface area (Å²) in [5, 5.41) is 15.4. The van der Waals surface area contributed by atoms with Gasteiger partial charge < -0.3 is 32.5 Å². The average Bonchev–Trinajstić information content (AvgIpc) is 2.72. The maximum absolute atomic E-state index is 12.4. The van der Waals surface area contributed by atoms with Crippen molar-refractivity contribution >= 4 is 65.4 Å². The van der Waals surface area contributed by atoms with Gasteiger partial charge in [0.15, 0.2) is 5.96 Å². The van der Waals surface area contributed by atoms with E-state index in [0.29, 0.717) is 42.9 Å². The van der Waals surface area contributed by atoms with Gasteiger partial charge in [-0.25, -0.2) is 0 Å².